The van der Waals surface area contributed by atoms with Crippen molar-refractivity contribution in [2.75, 3.05) is 0 Å². The van der Waals surface area contributed by atoms with Gasteiger partial charge >= 0.3 is 5.97 Å². The van der Waals surface area contributed by atoms with Crippen molar-refractivity contribution >= 4 is 5.97 Å². The quantitative estimate of drug-likeness (QED) is 0.785. The van der Waals surface area contributed by atoms with Crippen molar-refractivity contribution in [3.05, 3.63) is 47.0 Å². The zero-order valence-electron chi connectivity index (χ0n) is 10.0. The van der Waals surface area contributed by atoms with E-state index in [9.17, 15) is 9.90 Å². The Hall–Kier alpha value is -1.57. The summed E-state index contributed by atoms with van der Waals surface area (Å²) < 4.78 is 0. The van der Waals surface area contributed by atoms with Crippen LogP contribution in [0.5, 0.6) is 0 Å². The Morgan fingerprint density at radius 3 is 2.50 bits per heavy atom. The zero-order valence-corrected chi connectivity index (χ0v) is 10.0. The van der Waals surface area contributed by atoms with Crippen LogP contribution in [0.3, 0.4) is 0 Å². The van der Waals surface area contributed by atoms with Crippen molar-refractivity contribution in [3.63, 3.8) is 0 Å². The van der Waals surface area contributed by atoms with Crippen LogP contribution in [0.4, 0.5) is 0 Å². The standard InChI is InChI=1S/C14H18O2/c1-10(2)8-9-13(14(15)16)12-7-5-4-6-11(12)3/h4-8,13H,9H2,1-3H3,(H,15,16). The number of hydrogen-bond acceptors (Lipinski definition) is 1. The summed E-state index contributed by atoms with van der Waals surface area (Å²) in [6.45, 7) is 5.92. The van der Waals surface area contributed by atoms with Gasteiger partial charge in [0.15, 0.2) is 0 Å². The van der Waals surface area contributed by atoms with Crippen LogP contribution in [0.2, 0.25) is 0 Å². The van der Waals surface area contributed by atoms with Gasteiger partial charge in [-0.2, -0.15) is 0 Å². The number of carboxylic acids is 1. The zero-order chi connectivity index (χ0) is 12.1. The molecule has 0 aliphatic carbocycles. The van der Waals surface area contributed by atoms with Crippen molar-refractivity contribution in [2.45, 2.75) is 33.1 Å². The van der Waals surface area contributed by atoms with Gasteiger partial charge in [-0.15, -0.1) is 0 Å². The highest BCUT2D eigenvalue weighted by Crippen LogP contribution is 2.24. The molecule has 0 radical (unpaired) electrons. The number of hydrogen-bond donors (Lipinski definition) is 1. The van der Waals surface area contributed by atoms with E-state index >= 15 is 0 Å². The second-order valence-electron chi connectivity index (χ2n) is 4.26. The number of aryl methyl sites for hydroxylation is 1. The van der Waals surface area contributed by atoms with Crippen molar-refractivity contribution < 1.29 is 9.90 Å². The van der Waals surface area contributed by atoms with E-state index in [2.05, 4.69) is 0 Å². The lowest BCUT2D eigenvalue weighted by Crippen LogP contribution is -2.12. The third-order valence-corrected chi connectivity index (χ3v) is 2.62. The van der Waals surface area contributed by atoms with Gasteiger partial charge in [-0.05, 0) is 38.3 Å². The van der Waals surface area contributed by atoms with E-state index in [4.69, 9.17) is 0 Å². The molecule has 2 nitrogen and oxygen atoms in total. The van der Waals surface area contributed by atoms with Gasteiger partial charge in [0.25, 0.3) is 0 Å². The van der Waals surface area contributed by atoms with Crippen LogP contribution in [0, 0.1) is 6.92 Å². The summed E-state index contributed by atoms with van der Waals surface area (Å²) in [7, 11) is 0. The highest BCUT2D eigenvalue weighted by molar-refractivity contribution is 5.76. The molecule has 1 unspecified atom stereocenters. The molecule has 0 aliphatic rings. The maximum absolute atomic E-state index is 11.2. The molecule has 0 bridgehead atoms. The molecule has 0 aliphatic heterocycles. The lowest BCUT2D eigenvalue weighted by atomic mass is 9.91. The Balaban J connectivity index is 2.99. The number of carboxylic acid groups (broad SMARTS) is 1. The largest absolute Gasteiger partial charge is 0.481 e. The maximum Gasteiger partial charge on any atom is 0.311 e. The average molecular weight is 218 g/mol. The molecule has 0 amide bonds. The smallest absolute Gasteiger partial charge is 0.311 e. The molecule has 2 heteroatoms. The Morgan fingerprint density at radius 2 is 2.00 bits per heavy atom. The molecule has 0 saturated carbocycles. The molecule has 1 rings (SSSR count). The van der Waals surface area contributed by atoms with Crippen molar-refractivity contribution in [3.8, 4) is 0 Å². The summed E-state index contributed by atoms with van der Waals surface area (Å²) in [6, 6.07) is 7.67. The summed E-state index contributed by atoms with van der Waals surface area (Å²) in [5, 5.41) is 9.23. The third-order valence-electron chi connectivity index (χ3n) is 2.62. The fraction of sp³-hybridized carbons (Fsp3) is 0.357. The SMILES string of the molecule is CC(C)=CCC(C(=O)O)c1ccccc1C. The van der Waals surface area contributed by atoms with Gasteiger partial charge in [0.05, 0.1) is 5.92 Å². The fourth-order valence-corrected chi connectivity index (χ4v) is 1.69. The summed E-state index contributed by atoms with van der Waals surface area (Å²) in [4.78, 5) is 11.2. The number of aliphatic carboxylic acids is 1. The summed E-state index contributed by atoms with van der Waals surface area (Å²) in [6.07, 6.45) is 2.54. The van der Waals surface area contributed by atoms with Crippen molar-refractivity contribution in [2.24, 2.45) is 0 Å². The molecule has 16 heavy (non-hydrogen) atoms. The van der Waals surface area contributed by atoms with Crippen LogP contribution < -0.4 is 0 Å². The van der Waals surface area contributed by atoms with E-state index < -0.39 is 11.9 Å². The van der Waals surface area contributed by atoms with Gasteiger partial charge in [0.2, 0.25) is 0 Å². The second-order valence-corrected chi connectivity index (χ2v) is 4.26. The highest BCUT2D eigenvalue weighted by atomic mass is 16.4. The van der Waals surface area contributed by atoms with E-state index in [0.717, 1.165) is 16.7 Å². The fourth-order valence-electron chi connectivity index (χ4n) is 1.69. The van der Waals surface area contributed by atoms with Gasteiger partial charge in [0.1, 0.15) is 0 Å². The monoisotopic (exact) mass is 218 g/mol. The lowest BCUT2D eigenvalue weighted by molar-refractivity contribution is -0.138. The van der Waals surface area contributed by atoms with Gasteiger partial charge in [-0.3, -0.25) is 4.79 Å². The van der Waals surface area contributed by atoms with Gasteiger partial charge in [-0.25, -0.2) is 0 Å². The first-order valence-corrected chi connectivity index (χ1v) is 5.44. The van der Waals surface area contributed by atoms with E-state index in [1.165, 1.54) is 0 Å². The number of carbonyl (C=O) groups is 1. The molecular weight excluding hydrogens is 200 g/mol. The molecule has 1 atom stereocenters. The summed E-state index contributed by atoms with van der Waals surface area (Å²) in [5.74, 6) is -1.19. The molecule has 1 N–H and O–H groups in total. The Kier molecular flexibility index (Phi) is 4.29. The number of rotatable bonds is 4. The average Bonchev–Trinajstić information content (AvgIpc) is 2.20. The molecule has 0 aromatic heterocycles. The number of allylic oxidation sites excluding steroid dienone is 2. The van der Waals surface area contributed by atoms with E-state index in [0.29, 0.717) is 6.42 Å². The predicted molar refractivity (Wildman–Crippen MR) is 65.6 cm³/mol. The number of benzene rings is 1. The van der Waals surface area contributed by atoms with Crippen LogP contribution in [0.25, 0.3) is 0 Å². The predicted octanol–water partition coefficient (Wildman–Crippen LogP) is 3.52. The molecule has 86 valence electrons. The van der Waals surface area contributed by atoms with Gasteiger partial charge < -0.3 is 5.11 Å². The first kappa shape index (κ1) is 12.5. The molecule has 0 saturated heterocycles. The molecule has 0 fully saturated rings. The minimum absolute atomic E-state index is 0.434. The van der Waals surface area contributed by atoms with Crippen LogP contribution in [0.1, 0.15) is 37.3 Å². The minimum atomic E-state index is -0.758. The highest BCUT2D eigenvalue weighted by Gasteiger charge is 2.19. The van der Waals surface area contributed by atoms with Gasteiger partial charge in [-0.1, -0.05) is 35.9 Å². The van der Waals surface area contributed by atoms with E-state index in [-0.39, 0.29) is 0 Å². The molecule has 0 spiro atoms. The minimum Gasteiger partial charge on any atom is -0.481 e. The van der Waals surface area contributed by atoms with Crippen LogP contribution in [0.15, 0.2) is 35.9 Å². The lowest BCUT2D eigenvalue weighted by Gasteiger charge is -2.13. The molecule has 0 heterocycles. The molecule has 1 aromatic carbocycles. The molecular formula is C14H18O2. The van der Waals surface area contributed by atoms with Crippen molar-refractivity contribution in [1.29, 1.82) is 0 Å². The maximum atomic E-state index is 11.2. The Labute approximate surface area is 96.6 Å². The van der Waals surface area contributed by atoms with Crippen molar-refractivity contribution in [1.82, 2.24) is 0 Å². The third kappa shape index (κ3) is 3.23. The first-order chi connectivity index (χ1) is 7.52. The van der Waals surface area contributed by atoms with Crippen LogP contribution >= 0.6 is 0 Å². The Bertz CT molecular complexity index is 401. The van der Waals surface area contributed by atoms with Crippen LogP contribution in [-0.2, 0) is 4.79 Å². The summed E-state index contributed by atoms with van der Waals surface area (Å²) in [5.41, 5.74) is 3.10. The first-order valence-electron chi connectivity index (χ1n) is 5.44. The van der Waals surface area contributed by atoms with Crippen LogP contribution in [-0.4, -0.2) is 11.1 Å². The second kappa shape index (κ2) is 5.50. The van der Waals surface area contributed by atoms with E-state index in [1.807, 2.05) is 51.1 Å². The van der Waals surface area contributed by atoms with E-state index in [1.54, 1.807) is 0 Å². The van der Waals surface area contributed by atoms with Gasteiger partial charge in [0, 0.05) is 0 Å². The normalized spacial score (nSPS) is 11.9. The summed E-state index contributed by atoms with van der Waals surface area (Å²) >= 11 is 0. The Morgan fingerprint density at radius 1 is 1.38 bits per heavy atom. The molecule has 1 aromatic rings. The topological polar surface area (TPSA) is 37.3 Å².